The second-order valence-electron chi connectivity index (χ2n) is 10.3. The van der Waals surface area contributed by atoms with E-state index in [9.17, 15) is 14.1 Å². The molecule has 3 aromatic rings. The zero-order chi connectivity index (χ0) is 27.0. The standard InChI is InChI=1S/C28H32FN7O2/c1-16-6-5-7-18-12-23(36(28(37)24(16)18)22-8-3-4-9-22)14-35-27(32-15-30)25(17(2)31)26(33-35)19-10-20(29)13-21(11-19)34-38/h5-7,10-13,15,17,22,25,27H,3-4,8-9,14,31H2,1-2H3,(H2,30,32). The Hall–Kier alpha value is -3.92. The fourth-order valence-corrected chi connectivity index (χ4v) is 5.98. The summed E-state index contributed by atoms with van der Waals surface area (Å²) in [5.41, 5.74) is 14.8. The highest BCUT2D eigenvalue weighted by Gasteiger charge is 2.40. The number of aliphatic imine (C=N–C) groups is 1. The first kappa shape index (κ1) is 25.7. The summed E-state index contributed by atoms with van der Waals surface area (Å²) in [5, 5.41) is 11.1. The Balaban J connectivity index is 1.66. The molecule has 10 heteroatoms. The molecule has 4 N–H and O–H groups in total. The van der Waals surface area contributed by atoms with Crippen molar-refractivity contribution in [3.05, 3.63) is 80.4 Å². The van der Waals surface area contributed by atoms with Crippen molar-refractivity contribution < 1.29 is 4.39 Å². The van der Waals surface area contributed by atoms with Crippen LogP contribution in [0.3, 0.4) is 0 Å². The monoisotopic (exact) mass is 517 g/mol. The third-order valence-electron chi connectivity index (χ3n) is 7.65. The zero-order valence-electron chi connectivity index (χ0n) is 21.5. The molecule has 5 rings (SSSR count). The Labute approximate surface area is 220 Å². The number of hydrogen-bond acceptors (Lipinski definition) is 7. The van der Waals surface area contributed by atoms with Gasteiger partial charge in [-0.25, -0.2) is 9.38 Å². The van der Waals surface area contributed by atoms with Crippen LogP contribution < -0.4 is 17.0 Å². The Kier molecular flexibility index (Phi) is 7.07. The Morgan fingerprint density at radius 2 is 1.97 bits per heavy atom. The lowest BCUT2D eigenvalue weighted by molar-refractivity contribution is 0.184. The molecule has 2 aromatic carbocycles. The first-order valence-electron chi connectivity index (χ1n) is 12.9. The van der Waals surface area contributed by atoms with E-state index in [-0.39, 0.29) is 23.8 Å². The second-order valence-corrected chi connectivity index (χ2v) is 10.3. The van der Waals surface area contributed by atoms with Crippen molar-refractivity contribution in [3.8, 4) is 0 Å². The van der Waals surface area contributed by atoms with E-state index in [4.69, 9.17) is 16.6 Å². The molecule has 0 saturated heterocycles. The Bertz CT molecular complexity index is 1490. The third kappa shape index (κ3) is 4.60. The van der Waals surface area contributed by atoms with Crippen LogP contribution in [0.4, 0.5) is 10.1 Å². The Morgan fingerprint density at radius 1 is 1.21 bits per heavy atom. The zero-order valence-corrected chi connectivity index (χ0v) is 21.5. The highest BCUT2D eigenvalue weighted by Crippen LogP contribution is 2.35. The number of aryl methyl sites for hydroxylation is 1. The van der Waals surface area contributed by atoms with E-state index in [2.05, 4.69) is 16.2 Å². The van der Waals surface area contributed by atoms with Crippen molar-refractivity contribution in [2.75, 3.05) is 0 Å². The molecule has 1 aliphatic carbocycles. The van der Waals surface area contributed by atoms with E-state index in [0.717, 1.165) is 53.8 Å². The quantitative estimate of drug-likeness (QED) is 0.271. The molecule has 0 radical (unpaired) electrons. The molecule has 1 saturated carbocycles. The van der Waals surface area contributed by atoms with Gasteiger partial charge < -0.3 is 16.0 Å². The van der Waals surface area contributed by atoms with Gasteiger partial charge in [0.25, 0.3) is 5.56 Å². The molecule has 0 amide bonds. The number of aromatic nitrogens is 1. The lowest BCUT2D eigenvalue weighted by atomic mass is 9.89. The fourth-order valence-electron chi connectivity index (χ4n) is 5.98. The number of fused-ring (bicyclic) bond motifs is 1. The number of nitrogens with two attached hydrogens (primary N) is 2. The van der Waals surface area contributed by atoms with Crippen LogP contribution in [-0.4, -0.2) is 33.8 Å². The van der Waals surface area contributed by atoms with Crippen molar-refractivity contribution >= 4 is 28.5 Å². The van der Waals surface area contributed by atoms with Crippen molar-refractivity contribution in [3.63, 3.8) is 0 Å². The number of hydrogen-bond donors (Lipinski definition) is 2. The van der Waals surface area contributed by atoms with Crippen LogP contribution in [0.25, 0.3) is 10.8 Å². The van der Waals surface area contributed by atoms with E-state index >= 15 is 0 Å². The number of pyridine rings is 1. The lowest BCUT2D eigenvalue weighted by Gasteiger charge is -2.28. The second kappa shape index (κ2) is 10.4. The van der Waals surface area contributed by atoms with Gasteiger partial charge >= 0.3 is 0 Å². The molecule has 0 spiro atoms. The molecule has 2 aliphatic rings. The molecule has 0 bridgehead atoms. The predicted molar refractivity (Wildman–Crippen MR) is 148 cm³/mol. The third-order valence-corrected chi connectivity index (χ3v) is 7.65. The van der Waals surface area contributed by atoms with E-state index in [1.165, 1.54) is 18.5 Å². The van der Waals surface area contributed by atoms with Crippen molar-refractivity contribution in [2.24, 2.45) is 32.7 Å². The minimum absolute atomic E-state index is 0.000323. The summed E-state index contributed by atoms with van der Waals surface area (Å²) in [6, 6.07) is 11.5. The highest BCUT2D eigenvalue weighted by molar-refractivity contribution is 6.04. The molecule has 3 unspecified atom stereocenters. The summed E-state index contributed by atoms with van der Waals surface area (Å²) < 4.78 is 16.3. The van der Waals surface area contributed by atoms with Crippen molar-refractivity contribution in [2.45, 2.75) is 64.3 Å². The maximum absolute atomic E-state index is 14.4. The topological polar surface area (TPSA) is 131 Å². The predicted octanol–water partition coefficient (Wildman–Crippen LogP) is 4.46. The molecule has 38 heavy (non-hydrogen) atoms. The van der Waals surface area contributed by atoms with Gasteiger partial charge in [0.05, 0.1) is 29.9 Å². The normalized spacial score (nSPS) is 20.9. The maximum atomic E-state index is 14.4. The molecule has 198 valence electrons. The first-order valence-corrected chi connectivity index (χ1v) is 12.9. The van der Waals surface area contributed by atoms with Gasteiger partial charge in [-0.3, -0.25) is 9.80 Å². The van der Waals surface area contributed by atoms with Gasteiger partial charge in [0, 0.05) is 29.4 Å². The number of hydrazone groups is 1. The van der Waals surface area contributed by atoms with Gasteiger partial charge in [0.2, 0.25) is 0 Å². The van der Waals surface area contributed by atoms with Gasteiger partial charge in [-0.1, -0.05) is 31.0 Å². The van der Waals surface area contributed by atoms with Gasteiger partial charge in [-0.05, 0) is 61.0 Å². The maximum Gasteiger partial charge on any atom is 0.259 e. The summed E-state index contributed by atoms with van der Waals surface area (Å²) in [6.07, 6.45) is 4.67. The van der Waals surface area contributed by atoms with Gasteiger partial charge in [0.1, 0.15) is 17.7 Å². The number of nitrogens with zero attached hydrogens (tertiary/aromatic N) is 5. The summed E-state index contributed by atoms with van der Waals surface area (Å²) in [4.78, 5) is 29.5. The number of halogens is 1. The van der Waals surface area contributed by atoms with Crippen LogP contribution in [-0.2, 0) is 6.54 Å². The average Bonchev–Trinajstić information content (AvgIpc) is 3.53. The van der Waals surface area contributed by atoms with E-state index in [1.54, 1.807) is 5.01 Å². The van der Waals surface area contributed by atoms with Gasteiger partial charge in [0.15, 0.2) is 0 Å². The van der Waals surface area contributed by atoms with Crippen LogP contribution in [0, 0.1) is 23.6 Å². The SMILES string of the molecule is Cc1cccc2cc(CN3N=C(c4cc(F)cc(N=O)c4)C(C(C)N)C3N=CN)n(C3CCCC3)c(=O)c12. The van der Waals surface area contributed by atoms with E-state index in [0.29, 0.717) is 11.3 Å². The summed E-state index contributed by atoms with van der Waals surface area (Å²) in [5.74, 6) is -1.04. The van der Waals surface area contributed by atoms with Crippen LogP contribution in [0.1, 0.15) is 55.5 Å². The largest absolute Gasteiger partial charge is 0.390 e. The van der Waals surface area contributed by atoms with Gasteiger partial charge in [-0.2, -0.15) is 5.10 Å². The van der Waals surface area contributed by atoms with E-state index < -0.39 is 23.9 Å². The van der Waals surface area contributed by atoms with Crippen molar-refractivity contribution in [1.82, 2.24) is 9.58 Å². The van der Waals surface area contributed by atoms with Crippen LogP contribution in [0.15, 0.2) is 62.5 Å². The molecular weight excluding hydrogens is 485 g/mol. The molecule has 9 nitrogen and oxygen atoms in total. The van der Waals surface area contributed by atoms with Crippen molar-refractivity contribution in [1.29, 1.82) is 0 Å². The molecule has 1 aliphatic heterocycles. The Morgan fingerprint density at radius 3 is 2.66 bits per heavy atom. The molecule has 1 fully saturated rings. The minimum Gasteiger partial charge on any atom is -0.390 e. The number of benzene rings is 2. The van der Waals surface area contributed by atoms with Gasteiger partial charge in [-0.15, -0.1) is 4.91 Å². The summed E-state index contributed by atoms with van der Waals surface area (Å²) in [6.45, 7) is 4.06. The molecule has 3 atom stereocenters. The van der Waals surface area contributed by atoms with Crippen LogP contribution in [0.2, 0.25) is 0 Å². The summed E-state index contributed by atoms with van der Waals surface area (Å²) in [7, 11) is 0. The summed E-state index contributed by atoms with van der Waals surface area (Å²) >= 11 is 0. The van der Waals surface area contributed by atoms with E-state index in [1.807, 2.05) is 36.6 Å². The van der Waals surface area contributed by atoms with Crippen LogP contribution in [0.5, 0.6) is 0 Å². The highest BCUT2D eigenvalue weighted by atomic mass is 19.1. The molecular formula is C28H32FN7O2. The van der Waals surface area contributed by atoms with Crippen LogP contribution >= 0.6 is 0 Å². The smallest absolute Gasteiger partial charge is 0.259 e. The molecule has 1 aromatic heterocycles. The average molecular weight is 518 g/mol. The first-order chi connectivity index (χ1) is 18.3. The number of rotatable bonds is 7. The molecule has 2 heterocycles. The minimum atomic E-state index is -0.597. The number of nitroso groups, excluding NO2 is 1. The lowest BCUT2D eigenvalue weighted by Crippen LogP contribution is -2.42. The fraction of sp³-hybridized carbons (Fsp3) is 0.393.